The van der Waals surface area contributed by atoms with Gasteiger partial charge in [0.25, 0.3) is 0 Å². The Kier molecular flexibility index (Phi) is 3.27. The van der Waals surface area contributed by atoms with Crippen LogP contribution >= 0.6 is 11.6 Å². The van der Waals surface area contributed by atoms with Crippen LogP contribution in [0.15, 0.2) is 24.3 Å². The molecule has 0 saturated carbocycles. The number of rotatable bonds is 2. The van der Waals surface area contributed by atoms with Gasteiger partial charge in [-0.1, -0.05) is 17.7 Å². The van der Waals surface area contributed by atoms with E-state index in [1.165, 1.54) is 12.8 Å². The first-order chi connectivity index (χ1) is 6.84. The summed E-state index contributed by atoms with van der Waals surface area (Å²) in [5.41, 5.74) is 0. The number of hydrogen-bond acceptors (Lipinski definition) is 2. The topological polar surface area (TPSA) is 21.3 Å². The molecule has 14 heavy (non-hydrogen) atoms. The molecule has 0 amide bonds. The van der Waals surface area contributed by atoms with E-state index < -0.39 is 0 Å². The van der Waals surface area contributed by atoms with Crippen molar-refractivity contribution in [1.29, 1.82) is 0 Å². The maximum atomic E-state index is 5.86. The highest BCUT2D eigenvalue weighted by molar-refractivity contribution is 6.30. The van der Waals surface area contributed by atoms with E-state index in [0.717, 1.165) is 23.7 Å². The van der Waals surface area contributed by atoms with Gasteiger partial charge < -0.3 is 4.74 Å². The number of hydrogen-bond donors (Lipinski definition) is 1. The van der Waals surface area contributed by atoms with E-state index in [2.05, 4.69) is 5.32 Å². The van der Waals surface area contributed by atoms with Gasteiger partial charge in [-0.2, -0.15) is 0 Å². The first kappa shape index (κ1) is 9.81. The molecule has 0 aromatic heterocycles. The third-order valence-corrected chi connectivity index (χ3v) is 2.57. The Bertz CT molecular complexity index is 297. The van der Waals surface area contributed by atoms with Gasteiger partial charge in [-0.3, -0.25) is 5.32 Å². The molecule has 1 aromatic carbocycles. The van der Waals surface area contributed by atoms with Crippen molar-refractivity contribution in [2.45, 2.75) is 25.5 Å². The third kappa shape index (κ3) is 2.63. The number of nitrogens with one attached hydrogen (secondary N) is 1. The minimum absolute atomic E-state index is 0.155. The zero-order chi connectivity index (χ0) is 9.80. The van der Waals surface area contributed by atoms with Crippen molar-refractivity contribution in [3.8, 4) is 5.75 Å². The molecule has 1 heterocycles. The molecular formula is C11H14ClNO. The Balaban J connectivity index is 1.95. The van der Waals surface area contributed by atoms with Gasteiger partial charge in [-0.25, -0.2) is 0 Å². The van der Waals surface area contributed by atoms with Crippen LogP contribution in [-0.4, -0.2) is 12.8 Å². The maximum absolute atomic E-state index is 5.86. The summed E-state index contributed by atoms with van der Waals surface area (Å²) in [4.78, 5) is 0. The van der Waals surface area contributed by atoms with Crippen LogP contribution in [0, 0.1) is 0 Å². The zero-order valence-electron chi connectivity index (χ0n) is 8.00. The van der Waals surface area contributed by atoms with Crippen LogP contribution in [0.1, 0.15) is 19.3 Å². The minimum Gasteiger partial charge on any atom is -0.475 e. The van der Waals surface area contributed by atoms with E-state index in [9.17, 15) is 0 Å². The molecule has 1 aromatic rings. The number of halogens is 1. The van der Waals surface area contributed by atoms with E-state index >= 15 is 0 Å². The average Bonchev–Trinajstić information content (AvgIpc) is 2.19. The smallest absolute Gasteiger partial charge is 0.150 e. The van der Waals surface area contributed by atoms with E-state index in [-0.39, 0.29) is 6.23 Å². The zero-order valence-corrected chi connectivity index (χ0v) is 8.76. The lowest BCUT2D eigenvalue weighted by atomic mass is 10.1. The molecular weight excluding hydrogens is 198 g/mol. The molecule has 76 valence electrons. The summed E-state index contributed by atoms with van der Waals surface area (Å²) in [5.74, 6) is 0.844. The van der Waals surface area contributed by atoms with Gasteiger partial charge in [-0.15, -0.1) is 0 Å². The quantitative estimate of drug-likeness (QED) is 0.813. The van der Waals surface area contributed by atoms with Crippen molar-refractivity contribution in [3.63, 3.8) is 0 Å². The Morgan fingerprint density at radius 3 is 3.00 bits per heavy atom. The minimum atomic E-state index is 0.155. The van der Waals surface area contributed by atoms with Crippen LogP contribution in [0.2, 0.25) is 5.02 Å². The normalized spacial score (nSPS) is 21.9. The van der Waals surface area contributed by atoms with Crippen LogP contribution < -0.4 is 10.1 Å². The molecule has 1 atom stereocenters. The summed E-state index contributed by atoms with van der Waals surface area (Å²) in [7, 11) is 0. The van der Waals surface area contributed by atoms with Crippen LogP contribution in [-0.2, 0) is 0 Å². The lowest BCUT2D eigenvalue weighted by Gasteiger charge is -2.24. The van der Waals surface area contributed by atoms with Gasteiger partial charge in [0, 0.05) is 5.02 Å². The van der Waals surface area contributed by atoms with Gasteiger partial charge in [0.15, 0.2) is 0 Å². The molecule has 1 unspecified atom stereocenters. The van der Waals surface area contributed by atoms with E-state index in [0.29, 0.717) is 0 Å². The molecule has 1 N–H and O–H groups in total. The van der Waals surface area contributed by atoms with Gasteiger partial charge >= 0.3 is 0 Å². The average molecular weight is 212 g/mol. The van der Waals surface area contributed by atoms with Crippen molar-refractivity contribution < 1.29 is 4.74 Å². The summed E-state index contributed by atoms with van der Waals surface area (Å²) in [5, 5.41) is 4.04. The highest BCUT2D eigenvalue weighted by Crippen LogP contribution is 2.19. The molecule has 3 heteroatoms. The number of ether oxygens (including phenoxy) is 1. The fourth-order valence-corrected chi connectivity index (χ4v) is 1.81. The predicted octanol–water partition coefficient (Wildman–Crippen LogP) is 2.82. The molecule has 1 saturated heterocycles. The Morgan fingerprint density at radius 2 is 2.29 bits per heavy atom. The summed E-state index contributed by atoms with van der Waals surface area (Å²) in [6.07, 6.45) is 3.71. The standard InChI is InChI=1S/C11H14ClNO/c12-9-4-3-5-10(8-9)14-11-6-1-2-7-13-11/h3-5,8,11,13H,1-2,6-7H2. The fraction of sp³-hybridized carbons (Fsp3) is 0.455. The van der Waals surface area contributed by atoms with E-state index in [1.54, 1.807) is 0 Å². The lowest BCUT2D eigenvalue weighted by molar-refractivity contribution is 0.132. The molecule has 1 aliphatic rings. The summed E-state index contributed by atoms with van der Waals surface area (Å²) < 4.78 is 5.74. The lowest BCUT2D eigenvalue weighted by Crippen LogP contribution is -2.38. The summed E-state index contributed by atoms with van der Waals surface area (Å²) in [6.45, 7) is 1.05. The maximum Gasteiger partial charge on any atom is 0.150 e. The molecule has 0 bridgehead atoms. The molecule has 2 rings (SSSR count). The molecule has 0 aliphatic carbocycles. The van der Waals surface area contributed by atoms with Crippen LogP contribution in [0.25, 0.3) is 0 Å². The van der Waals surface area contributed by atoms with Crippen molar-refractivity contribution in [2.75, 3.05) is 6.54 Å². The van der Waals surface area contributed by atoms with Crippen LogP contribution in [0.3, 0.4) is 0 Å². The second-order valence-electron chi connectivity index (χ2n) is 3.51. The predicted molar refractivity (Wildman–Crippen MR) is 57.7 cm³/mol. The fourth-order valence-electron chi connectivity index (χ4n) is 1.63. The van der Waals surface area contributed by atoms with Crippen molar-refractivity contribution in [1.82, 2.24) is 5.32 Å². The number of piperidine rings is 1. The SMILES string of the molecule is Clc1cccc(OC2CCCCN2)c1. The Labute approximate surface area is 89.2 Å². The van der Waals surface area contributed by atoms with Crippen LogP contribution in [0.5, 0.6) is 5.75 Å². The summed E-state index contributed by atoms with van der Waals surface area (Å²) in [6, 6.07) is 7.53. The van der Waals surface area contributed by atoms with Crippen molar-refractivity contribution >= 4 is 11.6 Å². The molecule has 1 aliphatic heterocycles. The van der Waals surface area contributed by atoms with Gasteiger partial charge in [-0.05, 0) is 44.0 Å². The molecule has 0 radical (unpaired) electrons. The highest BCUT2D eigenvalue weighted by atomic mass is 35.5. The first-order valence-electron chi connectivity index (χ1n) is 5.00. The largest absolute Gasteiger partial charge is 0.475 e. The Hall–Kier alpha value is -0.730. The monoisotopic (exact) mass is 211 g/mol. The molecule has 2 nitrogen and oxygen atoms in total. The second-order valence-corrected chi connectivity index (χ2v) is 3.95. The third-order valence-electron chi connectivity index (χ3n) is 2.34. The van der Waals surface area contributed by atoms with Crippen LogP contribution in [0.4, 0.5) is 0 Å². The Morgan fingerprint density at radius 1 is 1.36 bits per heavy atom. The van der Waals surface area contributed by atoms with Crippen molar-refractivity contribution in [2.24, 2.45) is 0 Å². The molecule has 1 fully saturated rings. The second kappa shape index (κ2) is 4.67. The van der Waals surface area contributed by atoms with Gasteiger partial charge in [0.2, 0.25) is 0 Å². The van der Waals surface area contributed by atoms with E-state index in [1.807, 2.05) is 24.3 Å². The first-order valence-corrected chi connectivity index (χ1v) is 5.38. The number of benzene rings is 1. The molecule has 0 spiro atoms. The van der Waals surface area contributed by atoms with Crippen molar-refractivity contribution in [3.05, 3.63) is 29.3 Å². The van der Waals surface area contributed by atoms with Gasteiger partial charge in [0.1, 0.15) is 12.0 Å². The van der Waals surface area contributed by atoms with Gasteiger partial charge in [0.05, 0.1) is 0 Å². The highest BCUT2D eigenvalue weighted by Gasteiger charge is 2.13. The summed E-state index contributed by atoms with van der Waals surface area (Å²) >= 11 is 5.86. The van der Waals surface area contributed by atoms with E-state index in [4.69, 9.17) is 16.3 Å².